The average Bonchev–Trinajstić information content (AvgIpc) is 3.02. The molecule has 7 nitrogen and oxygen atoms in total. The molecule has 7 heteroatoms. The lowest BCUT2D eigenvalue weighted by atomic mass is 10.1. The van der Waals surface area contributed by atoms with Gasteiger partial charge in [0.1, 0.15) is 17.1 Å². The minimum Gasteiger partial charge on any atom is -0.497 e. The Bertz CT molecular complexity index is 806. The SMILES string of the molecule is COc1ccc2cc(C(=O)O)c(NCCCN3CCCC3=O)nc2c1. The smallest absolute Gasteiger partial charge is 0.339 e. The molecule has 0 spiro atoms. The van der Waals surface area contributed by atoms with E-state index in [0.29, 0.717) is 36.6 Å². The van der Waals surface area contributed by atoms with Gasteiger partial charge >= 0.3 is 5.97 Å². The maximum absolute atomic E-state index is 11.6. The van der Waals surface area contributed by atoms with E-state index in [2.05, 4.69) is 10.3 Å². The number of amides is 1. The van der Waals surface area contributed by atoms with Gasteiger partial charge in [-0.05, 0) is 31.0 Å². The number of likely N-dealkylation sites (tertiary alicyclic amines) is 1. The molecule has 132 valence electrons. The van der Waals surface area contributed by atoms with Crippen molar-refractivity contribution in [2.24, 2.45) is 0 Å². The zero-order chi connectivity index (χ0) is 17.8. The van der Waals surface area contributed by atoms with Gasteiger partial charge in [-0.25, -0.2) is 9.78 Å². The number of carboxylic acid groups (broad SMARTS) is 1. The third kappa shape index (κ3) is 3.81. The lowest BCUT2D eigenvalue weighted by Crippen LogP contribution is -2.27. The van der Waals surface area contributed by atoms with Crippen LogP contribution < -0.4 is 10.1 Å². The van der Waals surface area contributed by atoms with Crippen molar-refractivity contribution in [1.29, 1.82) is 0 Å². The Hall–Kier alpha value is -2.83. The number of nitrogens with zero attached hydrogens (tertiary/aromatic N) is 2. The second-order valence-electron chi connectivity index (χ2n) is 6.01. The standard InChI is InChI=1S/C18H21N3O4/c1-25-13-6-5-12-10-14(18(23)24)17(20-15(12)11-13)19-7-3-9-21-8-2-4-16(21)22/h5-6,10-11H,2-4,7-9H2,1H3,(H,19,20)(H,23,24). The summed E-state index contributed by atoms with van der Waals surface area (Å²) in [5.74, 6) is 0.173. The fourth-order valence-electron chi connectivity index (χ4n) is 2.99. The summed E-state index contributed by atoms with van der Waals surface area (Å²) in [6, 6.07) is 6.94. The van der Waals surface area contributed by atoms with Crippen molar-refractivity contribution < 1.29 is 19.4 Å². The lowest BCUT2D eigenvalue weighted by molar-refractivity contribution is -0.127. The van der Waals surface area contributed by atoms with E-state index < -0.39 is 5.97 Å². The van der Waals surface area contributed by atoms with E-state index in [1.165, 1.54) is 0 Å². The fraction of sp³-hybridized carbons (Fsp3) is 0.389. The van der Waals surface area contributed by atoms with Crippen LogP contribution in [0.4, 0.5) is 5.82 Å². The van der Waals surface area contributed by atoms with E-state index in [0.717, 1.165) is 24.8 Å². The van der Waals surface area contributed by atoms with Crippen LogP contribution in [0.25, 0.3) is 10.9 Å². The van der Waals surface area contributed by atoms with Gasteiger partial charge in [-0.15, -0.1) is 0 Å². The molecule has 0 saturated carbocycles. The third-order valence-electron chi connectivity index (χ3n) is 4.32. The van der Waals surface area contributed by atoms with Gasteiger partial charge in [0, 0.05) is 37.5 Å². The highest BCUT2D eigenvalue weighted by Gasteiger charge is 2.19. The average molecular weight is 343 g/mol. The predicted octanol–water partition coefficient (Wildman–Crippen LogP) is 2.37. The first kappa shape index (κ1) is 17.0. The maximum atomic E-state index is 11.6. The van der Waals surface area contributed by atoms with Gasteiger partial charge < -0.3 is 20.1 Å². The van der Waals surface area contributed by atoms with Crippen LogP contribution in [0.15, 0.2) is 24.3 Å². The number of pyridine rings is 1. The highest BCUT2D eigenvalue weighted by atomic mass is 16.5. The van der Waals surface area contributed by atoms with Crippen LogP contribution in [-0.4, -0.2) is 53.6 Å². The zero-order valence-corrected chi connectivity index (χ0v) is 14.1. The van der Waals surface area contributed by atoms with Crippen LogP contribution in [0.1, 0.15) is 29.6 Å². The first-order valence-electron chi connectivity index (χ1n) is 8.32. The number of benzene rings is 1. The molecule has 0 aliphatic carbocycles. The maximum Gasteiger partial charge on any atom is 0.339 e. The summed E-state index contributed by atoms with van der Waals surface area (Å²) in [5.41, 5.74) is 0.802. The molecule has 0 atom stereocenters. The number of carbonyl (C=O) groups is 2. The highest BCUT2D eigenvalue weighted by Crippen LogP contribution is 2.24. The number of fused-ring (bicyclic) bond motifs is 1. The summed E-state index contributed by atoms with van der Waals surface area (Å²) in [6.07, 6.45) is 2.29. The third-order valence-corrected chi connectivity index (χ3v) is 4.32. The molecule has 1 aromatic heterocycles. The number of anilines is 1. The second kappa shape index (κ2) is 7.38. The van der Waals surface area contributed by atoms with Gasteiger partial charge in [-0.3, -0.25) is 4.79 Å². The second-order valence-corrected chi connectivity index (χ2v) is 6.01. The summed E-state index contributed by atoms with van der Waals surface area (Å²) in [5, 5.41) is 13.3. The van der Waals surface area contributed by atoms with Gasteiger partial charge in [0.05, 0.1) is 12.6 Å². The van der Waals surface area contributed by atoms with Gasteiger partial charge in [-0.1, -0.05) is 0 Å². The van der Waals surface area contributed by atoms with E-state index in [4.69, 9.17) is 4.74 Å². The molecule has 2 N–H and O–H groups in total. The first-order valence-corrected chi connectivity index (χ1v) is 8.32. The molecule has 2 heterocycles. The largest absolute Gasteiger partial charge is 0.497 e. The summed E-state index contributed by atoms with van der Waals surface area (Å²) in [4.78, 5) is 29.4. The summed E-state index contributed by atoms with van der Waals surface area (Å²) < 4.78 is 5.19. The number of aromatic nitrogens is 1. The lowest BCUT2D eigenvalue weighted by Gasteiger charge is -2.16. The van der Waals surface area contributed by atoms with Crippen LogP contribution in [0.5, 0.6) is 5.75 Å². The molecule has 1 aliphatic heterocycles. The normalized spacial score (nSPS) is 14.1. The van der Waals surface area contributed by atoms with Gasteiger partial charge in [0.25, 0.3) is 0 Å². The molecule has 0 radical (unpaired) electrons. The Morgan fingerprint density at radius 3 is 2.92 bits per heavy atom. The molecule has 0 bridgehead atoms. The summed E-state index contributed by atoms with van der Waals surface area (Å²) in [7, 11) is 1.57. The van der Waals surface area contributed by atoms with Gasteiger partial charge in [-0.2, -0.15) is 0 Å². The van der Waals surface area contributed by atoms with Crippen molar-refractivity contribution in [2.45, 2.75) is 19.3 Å². The van der Waals surface area contributed by atoms with Crippen molar-refractivity contribution in [1.82, 2.24) is 9.88 Å². The number of carboxylic acids is 1. The molecule has 25 heavy (non-hydrogen) atoms. The van der Waals surface area contributed by atoms with Crippen molar-refractivity contribution >= 4 is 28.6 Å². The summed E-state index contributed by atoms with van der Waals surface area (Å²) >= 11 is 0. The molecule has 0 unspecified atom stereocenters. The zero-order valence-electron chi connectivity index (χ0n) is 14.1. The molecule has 1 amide bonds. The van der Waals surface area contributed by atoms with Crippen LogP contribution >= 0.6 is 0 Å². The molecule has 1 aliphatic rings. The number of nitrogens with one attached hydrogen (secondary N) is 1. The Morgan fingerprint density at radius 1 is 1.40 bits per heavy atom. The molecular formula is C18H21N3O4. The van der Waals surface area contributed by atoms with Crippen molar-refractivity contribution in [3.8, 4) is 5.75 Å². The number of carbonyl (C=O) groups excluding carboxylic acids is 1. The number of rotatable bonds is 7. The molecular weight excluding hydrogens is 322 g/mol. The minimum atomic E-state index is -1.03. The Kier molecular flexibility index (Phi) is 5.02. The van der Waals surface area contributed by atoms with Crippen molar-refractivity contribution in [3.05, 3.63) is 29.8 Å². The van der Waals surface area contributed by atoms with E-state index in [9.17, 15) is 14.7 Å². The minimum absolute atomic E-state index is 0.134. The Morgan fingerprint density at radius 2 is 2.24 bits per heavy atom. The summed E-state index contributed by atoms with van der Waals surface area (Å²) in [6.45, 7) is 2.04. The van der Waals surface area contributed by atoms with Crippen LogP contribution in [0.2, 0.25) is 0 Å². The Balaban J connectivity index is 1.72. The van der Waals surface area contributed by atoms with Crippen LogP contribution in [0, 0.1) is 0 Å². The number of hydrogen-bond acceptors (Lipinski definition) is 5. The van der Waals surface area contributed by atoms with E-state index >= 15 is 0 Å². The molecule has 1 fully saturated rings. The van der Waals surface area contributed by atoms with Crippen molar-refractivity contribution in [3.63, 3.8) is 0 Å². The molecule has 1 saturated heterocycles. The quantitative estimate of drug-likeness (QED) is 0.750. The monoisotopic (exact) mass is 343 g/mol. The molecule has 1 aromatic carbocycles. The van der Waals surface area contributed by atoms with E-state index in [1.54, 1.807) is 31.4 Å². The number of methoxy groups -OCH3 is 1. The van der Waals surface area contributed by atoms with Crippen molar-refractivity contribution in [2.75, 3.05) is 32.1 Å². The number of hydrogen-bond donors (Lipinski definition) is 2. The fourth-order valence-corrected chi connectivity index (χ4v) is 2.99. The van der Waals surface area contributed by atoms with E-state index in [-0.39, 0.29) is 11.5 Å². The number of ether oxygens (including phenoxy) is 1. The first-order chi connectivity index (χ1) is 12.1. The predicted molar refractivity (Wildman–Crippen MR) is 94.2 cm³/mol. The molecule has 2 aromatic rings. The highest BCUT2D eigenvalue weighted by molar-refractivity contribution is 5.98. The van der Waals surface area contributed by atoms with Crippen LogP contribution in [0.3, 0.4) is 0 Å². The van der Waals surface area contributed by atoms with E-state index in [1.807, 2.05) is 4.90 Å². The number of aromatic carboxylic acids is 1. The molecule has 3 rings (SSSR count). The van der Waals surface area contributed by atoms with Crippen LogP contribution in [-0.2, 0) is 4.79 Å². The Labute approximate surface area is 145 Å². The van der Waals surface area contributed by atoms with Gasteiger partial charge in [0.2, 0.25) is 5.91 Å². The topological polar surface area (TPSA) is 91.8 Å². The van der Waals surface area contributed by atoms with Gasteiger partial charge in [0.15, 0.2) is 0 Å².